The van der Waals surface area contributed by atoms with Gasteiger partial charge in [0.05, 0.1) is 5.92 Å². The zero-order valence-electron chi connectivity index (χ0n) is 11.2. The minimum Gasteiger partial charge on any atom is -0.481 e. The number of benzene rings is 1. The van der Waals surface area contributed by atoms with Crippen molar-refractivity contribution < 1.29 is 9.90 Å². The monoisotopic (exact) mass is 259 g/mol. The summed E-state index contributed by atoms with van der Waals surface area (Å²) in [7, 11) is 0. The molecule has 0 amide bonds. The molecule has 2 unspecified atom stereocenters. The number of aliphatic carboxylic acids is 1. The van der Waals surface area contributed by atoms with Gasteiger partial charge in [-0.15, -0.1) is 0 Å². The highest BCUT2D eigenvalue weighted by Gasteiger charge is 2.37. The number of fused-ring (bicyclic) bond motifs is 1. The highest BCUT2D eigenvalue weighted by molar-refractivity contribution is 5.71. The van der Waals surface area contributed by atoms with Crippen LogP contribution in [0.15, 0.2) is 24.3 Å². The second-order valence-corrected chi connectivity index (χ2v) is 5.79. The average Bonchev–Trinajstić information content (AvgIpc) is 2.79. The molecule has 1 aliphatic heterocycles. The first-order valence-electron chi connectivity index (χ1n) is 7.29. The van der Waals surface area contributed by atoms with Crippen LogP contribution in [0, 0.1) is 5.92 Å². The van der Waals surface area contributed by atoms with E-state index in [1.165, 1.54) is 11.1 Å². The maximum Gasteiger partial charge on any atom is 0.308 e. The van der Waals surface area contributed by atoms with Crippen LogP contribution in [-0.2, 0) is 17.8 Å². The Bertz CT molecular complexity index is 472. The molecule has 0 aromatic heterocycles. The molecule has 2 atom stereocenters. The number of hydrogen-bond acceptors (Lipinski definition) is 2. The van der Waals surface area contributed by atoms with Gasteiger partial charge in [0.1, 0.15) is 0 Å². The van der Waals surface area contributed by atoms with Crippen molar-refractivity contribution in [2.24, 2.45) is 5.92 Å². The smallest absolute Gasteiger partial charge is 0.308 e. The van der Waals surface area contributed by atoms with Crippen molar-refractivity contribution in [2.45, 2.75) is 44.7 Å². The minimum atomic E-state index is -0.611. The summed E-state index contributed by atoms with van der Waals surface area (Å²) >= 11 is 0. The van der Waals surface area contributed by atoms with E-state index in [1.807, 2.05) is 0 Å². The molecule has 3 nitrogen and oxygen atoms in total. The van der Waals surface area contributed by atoms with Gasteiger partial charge < -0.3 is 5.11 Å². The Kier molecular flexibility index (Phi) is 3.56. The molecule has 0 radical (unpaired) electrons. The van der Waals surface area contributed by atoms with Gasteiger partial charge in [-0.05, 0) is 43.4 Å². The second kappa shape index (κ2) is 5.33. The van der Waals surface area contributed by atoms with E-state index in [9.17, 15) is 9.90 Å². The van der Waals surface area contributed by atoms with E-state index in [2.05, 4.69) is 29.2 Å². The van der Waals surface area contributed by atoms with E-state index in [-0.39, 0.29) is 12.0 Å². The van der Waals surface area contributed by atoms with Crippen LogP contribution in [0.4, 0.5) is 0 Å². The van der Waals surface area contributed by atoms with E-state index in [1.54, 1.807) is 0 Å². The molecule has 2 aliphatic rings. The minimum absolute atomic E-state index is 0.162. The van der Waals surface area contributed by atoms with Gasteiger partial charge in [0, 0.05) is 12.6 Å². The van der Waals surface area contributed by atoms with Crippen LogP contribution in [-0.4, -0.2) is 28.6 Å². The van der Waals surface area contributed by atoms with Crippen LogP contribution in [0.5, 0.6) is 0 Å². The van der Waals surface area contributed by atoms with Gasteiger partial charge in [-0.1, -0.05) is 30.7 Å². The lowest BCUT2D eigenvalue weighted by Crippen LogP contribution is -2.40. The fourth-order valence-electron chi connectivity index (χ4n) is 3.67. The molecular weight excluding hydrogens is 238 g/mol. The van der Waals surface area contributed by atoms with Gasteiger partial charge in [-0.25, -0.2) is 0 Å². The number of carboxylic acid groups (broad SMARTS) is 1. The van der Waals surface area contributed by atoms with E-state index >= 15 is 0 Å². The Morgan fingerprint density at radius 1 is 1.16 bits per heavy atom. The number of hydrogen-bond donors (Lipinski definition) is 1. The van der Waals surface area contributed by atoms with Gasteiger partial charge >= 0.3 is 5.97 Å². The normalized spacial score (nSPS) is 27.8. The van der Waals surface area contributed by atoms with Crippen molar-refractivity contribution in [1.29, 1.82) is 0 Å². The molecule has 3 heteroatoms. The van der Waals surface area contributed by atoms with Crippen molar-refractivity contribution in [2.75, 3.05) is 6.54 Å². The molecule has 0 saturated heterocycles. The van der Waals surface area contributed by atoms with E-state index in [0.717, 1.165) is 45.2 Å². The standard InChI is InChI=1S/C16H21NO2/c18-16(19)14-8-3-9-15(14)17-10-4-7-12-5-1-2-6-13(12)11-17/h1-2,5-6,14-15H,3-4,7-11H2,(H,18,19). The van der Waals surface area contributed by atoms with Gasteiger partial charge in [0.2, 0.25) is 0 Å². The van der Waals surface area contributed by atoms with Crippen molar-refractivity contribution >= 4 is 5.97 Å². The molecule has 102 valence electrons. The van der Waals surface area contributed by atoms with Gasteiger partial charge in [-0.3, -0.25) is 9.69 Å². The SMILES string of the molecule is O=C(O)C1CCCC1N1CCCc2ccccc2C1. The van der Waals surface area contributed by atoms with Gasteiger partial charge in [-0.2, -0.15) is 0 Å². The number of nitrogens with zero attached hydrogens (tertiary/aromatic N) is 1. The number of carbonyl (C=O) groups is 1. The number of rotatable bonds is 2. The molecule has 3 rings (SSSR count). The molecule has 1 aromatic rings. The first kappa shape index (κ1) is 12.7. The van der Waals surface area contributed by atoms with Crippen LogP contribution in [0.1, 0.15) is 36.8 Å². The summed E-state index contributed by atoms with van der Waals surface area (Å²) in [6.45, 7) is 1.95. The predicted molar refractivity (Wildman–Crippen MR) is 73.9 cm³/mol. The molecule has 19 heavy (non-hydrogen) atoms. The van der Waals surface area contributed by atoms with Crippen LogP contribution >= 0.6 is 0 Å². The van der Waals surface area contributed by atoms with Crippen LogP contribution < -0.4 is 0 Å². The summed E-state index contributed by atoms with van der Waals surface area (Å²) in [6.07, 6.45) is 5.20. The van der Waals surface area contributed by atoms with Crippen LogP contribution in [0.2, 0.25) is 0 Å². The zero-order chi connectivity index (χ0) is 13.2. The molecule has 1 saturated carbocycles. The maximum absolute atomic E-state index is 11.4. The van der Waals surface area contributed by atoms with Crippen LogP contribution in [0.25, 0.3) is 0 Å². The Balaban J connectivity index is 1.80. The van der Waals surface area contributed by atoms with Gasteiger partial charge in [0.25, 0.3) is 0 Å². The lowest BCUT2D eigenvalue weighted by Gasteiger charge is -2.30. The Morgan fingerprint density at radius 3 is 2.74 bits per heavy atom. The maximum atomic E-state index is 11.4. The molecular formula is C16H21NO2. The van der Waals surface area contributed by atoms with Crippen molar-refractivity contribution in [1.82, 2.24) is 4.90 Å². The lowest BCUT2D eigenvalue weighted by molar-refractivity contribution is -0.143. The highest BCUT2D eigenvalue weighted by atomic mass is 16.4. The predicted octanol–water partition coefficient (Wildman–Crippen LogP) is 2.69. The molecule has 0 bridgehead atoms. The van der Waals surface area contributed by atoms with E-state index in [0.29, 0.717) is 0 Å². The quantitative estimate of drug-likeness (QED) is 0.887. The number of aryl methyl sites for hydroxylation is 1. The van der Waals surface area contributed by atoms with Crippen molar-refractivity contribution in [3.8, 4) is 0 Å². The third-order valence-electron chi connectivity index (χ3n) is 4.65. The van der Waals surface area contributed by atoms with Crippen molar-refractivity contribution in [3.63, 3.8) is 0 Å². The average molecular weight is 259 g/mol. The Labute approximate surface area is 114 Å². The zero-order valence-corrected chi connectivity index (χ0v) is 11.2. The summed E-state index contributed by atoms with van der Waals surface area (Å²) < 4.78 is 0. The summed E-state index contributed by atoms with van der Waals surface area (Å²) in [5.41, 5.74) is 2.82. The summed E-state index contributed by atoms with van der Waals surface area (Å²) in [5.74, 6) is -0.773. The number of carboxylic acids is 1. The van der Waals surface area contributed by atoms with Crippen molar-refractivity contribution in [3.05, 3.63) is 35.4 Å². The molecule has 1 aliphatic carbocycles. The fourth-order valence-corrected chi connectivity index (χ4v) is 3.67. The first-order valence-corrected chi connectivity index (χ1v) is 7.29. The Hall–Kier alpha value is -1.35. The summed E-state index contributed by atoms with van der Waals surface area (Å²) in [5, 5.41) is 9.35. The van der Waals surface area contributed by atoms with E-state index < -0.39 is 5.97 Å². The second-order valence-electron chi connectivity index (χ2n) is 5.79. The third kappa shape index (κ3) is 2.52. The lowest BCUT2D eigenvalue weighted by atomic mass is 10.0. The van der Waals surface area contributed by atoms with E-state index in [4.69, 9.17) is 0 Å². The third-order valence-corrected chi connectivity index (χ3v) is 4.65. The Morgan fingerprint density at radius 2 is 1.95 bits per heavy atom. The van der Waals surface area contributed by atoms with Gasteiger partial charge in [0.15, 0.2) is 0 Å². The summed E-state index contributed by atoms with van der Waals surface area (Å²) in [4.78, 5) is 13.8. The first-order chi connectivity index (χ1) is 9.25. The topological polar surface area (TPSA) is 40.5 Å². The largest absolute Gasteiger partial charge is 0.481 e. The summed E-state index contributed by atoms with van der Waals surface area (Å²) in [6, 6.07) is 8.83. The molecule has 0 spiro atoms. The molecule has 1 heterocycles. The molecule has 1 fully saturated rings. The fraction of sp³-hybridized carbons (Fsp3) is 0.562. The van der Waals surface area contributed by atoms with Crippen LogP contribution in [0.3, 0.4) is 0 Å². The molecule has 1 N–H and O–H groups in total. The highest BCUT2D eigenvalue weighted by Crippen LogP contribution is 2.32. The molecule has 1 aromatic carbocycles.